The first-order valence-electron chi connectivity index (χ1n) is 7.59. The van der Waals surface area contributed by atoms with Gasteiger partial charge in [-0.2, -0.15) is 0 Å². The second kappa shape index (κ2) is 7.27. The molecule has 0 atom stereocenters. The average molecular weight is 286 g/mol. The van der Waals surface area contributed by atoms with E-state index in [1.165, 1.54) is 16.8 Å². The fraction of sp³-hybridized carbons (Fsp3) is 0.471. The summed E-state index contributed by atoms with van der Waals surface area (Å²) in [4.78, 5) is 6.68. The van der Waals surface area contributed by atoms with Gasteiger partial charge in [-0.3, -0.25) is 0 Å². The lowest BCUT2D eigenvalue weighted by atomic mass is 10.1. The summed E-state index contributed by atoms with van der Waals surface area (Å²) in [5, 5.41) is 3.50. The van der Waals surface area contributed by atoms with Crippen LogP contribution in [0.1, 0.15) is 30.3 Å². The summed E-state index contributed by atoms with van der Waals surface area (Å²) >= 11 is 0. The van der Waals surface area contributed by atoms with Gasteiger partial charge in [0, 0.05) is 38.7 Å². The van der Waals surface area contributed by atoms with Gasteiger partial charge in [0.2, 0.25) is 0 Å². The highest BCUT2D eigenvalue weighted by atomic mass is 15.2. The molecule has 0 saturated heterocycles. The topological polar surface area (TPSA) is 33.1 Å². The molecule has 1 aromatic heterocycles. The SMILES string of the molecule is CCCNCc1cc(C)ccc1N(C)Cc1nccn1C. The summed E-state index contributed by atoms with van der Waals surface area (Å²) in [6, 6.07) is 6.65. The van der Waals surface area contributed by atoms with Crippen LogP contribution in [0.4, 0.5) is 5.69 Å². The standard InChI is InChI=1S/C17H26N4/c1-5-8-18-12-15-11-14(2)6-7-16(15)21(4)13-17-19-9-10-20(17)3/h6-7,9-11,18H,5,8,12-13H2,1-4H3. The maximum Gasteiger partial charge on any atom is 0.127 e. The summed E-state index contributed by atoms with van der Waals surface area (Å²) < 4.78 is 2.07. The van der Waals surface area contributed by atoms with Gasteiger partial charge in [0.25, 0.3) is 0 Å². The van der Waals surface area contributed by atoms with Crippen LogP contribution in [0.2, 0.25) is 0 Å². The van der Waals surface area contributed by atoms with Gasteiger partial charge in [-0.05, 0) is 31.5 Å². The summed E-state index contributed by atoms with van der Waals surface area (Å²) in [7, 11) is 4.16. The largest absolute Gasteiger partial charge is 0.367 e. The third kappa shape index (κ3) is 4.08. The Morgan fingerprint density at radius 1 is 1.33 bits per heavy atom. The molecule has 2 rings (SSSR count). The lowest BCUT2D eigenvalue weighted by Crippen LogP contribution is -2.22. The molecule has 1 heterocycles. The first-order valence-corrected chi connectivity index (χ1v) is 7.59. The van der Waals surface area contributed by atoms with E-state index in [4.69, 9.17) is 0 Å². The predicted molar refractivity (Wildman–Crippen MR) is 88.5 cm³/mol. The van der Waals surface area contributed by atoms with Gasteiger partial charge in [0.15, 0.2) is 0 Å². The molecule has 114 valence electrons. The fourth-order valence-electron chi connectivity index (χ4n) is 2.47. The van der Waals surface area contributed by atoms with E-state index in [2.05, 4.69) is 58.9 Å². The quantitative estimate of drug-likeness (QED) is 0.795. The molecule has 0 unspecified atom stereocenters. The Kier molecular flexibility index (Phi) is 5.39. The van der Waals surface area contributed by atoms with Crippen molar-refractivity contribution < 1.29 is 0 Å². The van der Waals surface area contributed by atoms with Crippen LogP contribution in [0.25, 0.3) is 0 Å². The lowest BCUT2D eigenvalue weighted by molar-refractivity contribution is 0.672. The van der Waals surface area contributed by atoms with Crippen molar-refractivity contribution in [1.29, 1.82) is 0 Å². The Morgan fingerprint density at radius 3 is 2.81 bits per heavy atom. The van der Waals surface area contributed by atoms with Gasteiger partial charge < -0.3 is 14.8 Å². The molecule has 0 aliphatic heterocycles. The van der Waals surface area contributed by atoms with Gasteiger partial charge in [-0.15, -0.1) is 0 Å². The minimum Gasteiger partial charge on any atom is -0.367 e. The zero-order valence-corrected chi connectivity index (χ0v) is 13.6. The van der Waals surface area contributed by atoms with Gasteiger partial charge in [0.05, 0.1) is 6.54 Å². The molecule has 0 bridgehead atoms. The number of nitrogens with zero attached hydrogens (tertiary/aromatic N) is 3. The second-order valence-electron chi connectivity index (χ2n) is 5.62. The molecular formula is C17H26N4. The molecule has 0 saturated carbocycles. The van der Waals surface area contributed by atoms with Crippen molar-refractivity contribution in [3.8, 4) is 0 Å². The molecule has 0 spiro atoms. The van der Waals surface area contributed by atoms with Crippen molar-refractivity contribution in [3.05, 3.63) is 47.5 Å². The van der Waals surface area contributed by atoms with Crippen LogP contribution in [-0.4, -0.2) is 23.1 Å². The zero-order valence-electron chi connectivity index (χ0n) is 13.6. The zero-order chi connectivity index (χ0) is 15.2. The van der Waals surface area contributed by atoms with Crippen molar-refractivity contribution in [2.45, 2.75) is 33.4 Å². The van der Waals surface area contributed by atoms with Crippen LogP contribution in [-0.2, 0) is 20.1 Å². The van der Waals surface area contributed by atoms with E-state index < -0.39 is 0 Å². The molecule has 1 aromatic carbocycles. The summed E-state index contributed by atoms with van der Waals surface area (Å²) in [5.74, 6) is 1.07. The summed E-state index contributed by atoms with van der Waals surface area (Å²) in [5.41, 5.74) is 3.92. The molecule has 4 heteroatoms. The van der Waals surface area contributed by atoms with Crippen LogP contribution in [0.3, 0.4) is 0 Å². The molecule has 0 aliphatic rings. The average Bonchev–Trinajstić information content (AvgIpc) is 2.84. The van der Waals surface area contributed by atoms with Crippen LogP contribution in [0.15, 0.2) is 30.6 Å². The molecular weight excluding hydrogens is 260 g/mol. The number of benzene rings is 1. The number of anilines is 1. The van der Waals surface area contributed by atoms with Crippen LogP contribution in [0, 0.1) is 6.92 Å². The molecule has 4 nitrogen and oxygen atoms in total. The van der Waals surface area contributed by atoms with Gasteiger partial charge >= 0.3 is 0 Å². The van der Waals surface area contributed by atoms with Crippen molar-refractivity contribution in [2.75, 3.05) is 18.5 Å². The smallest absolute Gasteiger partial charge is 0.127 e. The highest BCUT2D eigenvalue weighted by Crippen LogP contribution is 2.22. The normalized spacial score (nSPS) is 10.9. The van der Waals surface area contributed by atoms with Gasteiger partial charge in [0.1, 0.15) is 5.82 Å². The summed E-state index contributed by atoms with van der Waals surface area (Å²) in [6.45, 7) is 7.11. The second-order valence-corrected chi connectivity index (χ2v) is 5.62. The van der Waals surface area contributed by atoms with E-state index in [1.54, 1.807) is 0 Å². The van der Waals surface area contributed by atoms with Crippen molar-refractivity contribution in [3.63, 3.8) is 0 Å². The first-order chi connectivity index (χ1) is 10.1. The third-order valence-electron chi connectivity index (χ3n) is 3.69. The number of imidazole rings is 1. The Labute approximate surface area is 127 Å². The number of hydrogen-bond donors (Lipinski definition) is 1. The molecule has 1 N–H and O–H groups in total. The molecule has 0 radical (unpaired) electrons. The molecule has 0 amide bonds. The Balaban J connectivity index is 2.15. The van der Waals surface area contributed by atoms with Crippen LogP contribution >= 0.6 is 0 Å². The molecule has 0 aliphatic carbocycles. The number of nitrogens with one attached hydrogen (secondary N) is 1. The molecule has 2 aromatic rings. The van der Waals surface area contributed by atoms with Crippen molar-refractivity contribution >= 4 is 5.69 Å². The van der Waals surface area contributed by atoms with E-state index in [9.17, 15) is 0 Å². The minimum absolute atomic E-state index is 0.813. The van der Waals surface area contributed by atoms with Crippen LogP contribution < -0.4 is 10.2 Å². The van der Waals surface area contributed by atoms with E-state index in [1.807, 2.05) is 19.4 Å². The van der Waals surface area contributed by atoms with Crippen molar-refractivity contribution in [1.82, 2.24) is 14.9 Å². The maximum absolute atomic E-state index is 4.41. The van der Waals surface area contributed by atoms with E-state index >= 15 is 0 Å². The van der Waals surface area contributed by atoms with E-state index in [0.29, 0.717) is 0 Å². The number of hydrogen-bond acceptors (Lipinski definition) is 3. The number of rotatable bonds is 7. The fourth-order valence-corrected chi connectivity index (χ4v) is 2.47. The van der Waals surface area contributed by atoms with Gasteiger partial charge in [-0.1, -0.05) is 24.6 Å². The third-order valence-corrected chi connectivity index (χ3v) is 3.69. The Morgan fingerprint density at radius 2 is 2.14 bits per heavy atom. The highest BCUT2D eigenvalue weighted by Gasteiger charge is 2.10. The minimum atomic E-state index is 0.813. The van der Waals surface area contributed by atoms with E-state index in [-0.39, 0.29) is 0 Å². The number of aromatic nitrogens is 2. The maximum atomic E-state index is 4.41. The number of aryl methyl sites for hydroxylation is 2. The van der Waals surface area contributed by atoms with Crippen LogP contribution in [0.5, 0.6) is 0 Å². The first kappa shape index (κ1) is 15.6. The van der Waals surface area contributed by atoms with E-state index in [0.717, 1.165) is 31.9 Å². The molecule has 0 fully saturated rings. The van der Waals surface area contributed by atoms with Crippen molar-refractivity contribution in [2.24, 2.45) is 7.05 Å². The van der Waals surface area contributed by atoms with Gasteiger partial charge in [-0.25, -0.2) is 4.98 Å². The lowest BCUT2D eigenvalue weighted by Gasteiger charge is -2.23. The highest BCUT2D eigenvalue weighted by molar-refractivity contribution is 5.54. The predicted octanol–water partition coefficient (Wildman–Crippen LogP) is 2.86. The summed E-state index contributed by atoms with van der Waals surface area (Å²) in [6.07, 6.45) is 4.99. The Bertz CT molecular complexity index is 574. The molecule has 21 heavy (non-hydrogen) atoms. The monoisotopic (exact) mass is 286 g/mol. The Hall–Kier alpha value is -1.81.